The maximum Gasteiger partial charge on any atom is 0.242 e. The highest BCUT2D eigenvalue weighted by Gasteiger charge is 2.20. The molecule has 0 saturated carbocycles. The molecule has 0 amide bonds. The monoisotopic (exact) mass is 346 g/mol. The first-order valence-corrected chi connectivity index (χ1v) is 8.06. The number of anilines is 1. The molecule has 112 valence electrons. The largest absolute Gasteiger partial charge is 0.396 e. The predicted octanol–water partition coefficient (Wildman–Crippen LogP) is 2.15. The summed E-state index contributed by atoms with van der Waals surface area (Å²) >= 11 is 11.7. The molecule has 1 heterocycles. The van der Waals surface area contributed by atoms with E-state index in [4.69, 9.17) is 28.9 Å². The summed E-state index contributed by atoms with van der Waals surface area (Å²) in [5, 5.41) is 0.0911. The summed E-state index contributed by atoms with van der Waals surface area (Å²) in [6.45, 7) is 1.78. The minimum Gasteiger partial charge on any atom is -0.396 e. The van der Waals surface area contributed by atoms with Crippen molar-refractivity contribution in [3.05, 3.63) is 46.0 Å². The highest BCUT2D eigenvalue weighted by Crippen LogP contribution is 2.32. The van der Waals surface area contributed by atoms with Crippen LogP contribution in [0.25, 0.3) is 0 Å². The molecule has 6 nitrogen and oxygen atoms in total. The van der Waals surface area contributed by atoms with Crippen molar-refractivity contribution in [2.24, 2.45) is 0 Å². The number of aryl methyl sites for hydroxylation is 1. The van der Waals surface area contributed by atoms with Gasteiger partial charge < -0.3 is 5.73 Å². The van der Waals surface area contributed by atoms with Gasteiger partial charge in [-0.15, -0.1) is 0 Å². The molecule has 3 N–H and O–H groups in total. The molecule has 0 bridgehead atoms. The minimum atomic E-state index is -3.83. The molecule has 2 aromatic rings. The van der Waals surface area contributed by atoms with E-state index in [9.17, 15) is 8.42 Å². The third-order valence-electron chi connectivity index (χ3n) is 2.66. The van der Waals surface area contributed by atoms with E-state index in [1.165, 1.54) is 18.3 Å². The number of nitrogen functional groups attached to an aromatic ring is 1. The van der Waals surface area contributed by atoms with Crippen LogP contribution in [-0.4, -0.2) is 18.4 Å². The van der Waals surface area contributed by atoms with Crippen molar-refractivity contribution in [2.45, 2.75) is 18.4 Å². The number of nitrogens with one attached hydrogen (secondary N) is 1. The molecule has 9 heteroatoms. The van der Waals surface area contributed by atoms with Crippen LogP contribution >= 0.6 is 23.2 Å². The van der Waals surface area contributed by atoms with Crippen molar-refractivity contribution >= 4 is 38.9 Å². The van der Waals surface area contributed by atoms with Gasteiger partial charge in [-0.3, -0.25) is 9.97 Å². The van der Waals surface area contributed by atoms with Gasteiger partial charge in [0.25, 0.3) is 0 Å². The Morgan fingerprint density at radius 1 is 1.24 bits per heavy atom. The number of halogens is 2. The SMILES string of the molecule is Cc1cnc(CNS(=O)(=O)c2ccc(Cl)c(N)c2Cl)cn1. The zero-order valence-corrected chi connectivity index (χ0v) is 13.3. The van der Waals surface area contributed by atoms with Crippen molar-refractivity contribution in [2.75, 3.05) is 5.73 Å². The lowest BCUT2D eigenvalue weighted by Gasteiger charge is -2.10. The van der Waals surface area contributed by atoms with Crippen LogP contribution in [0.3, 0.4) is 0 Å². The van der Waals surface area contributed by atoms with Crippen LogP contribution in [0.2, 0.25) is 10.0 Å². The van der Waals surface area contributed by atoms with E-state index >= 15 is 0 Å². The first-order valence-electron chi connectivity index (χ1n) is 5.82. The number of sulfonamides is 1. The molecule has 0 aliphatic carbocycles. The maximum absolute atomic E-state index is 12.2. The smallest absolute Gasteiger partial charge is 0.242 e. The Bertz CT molecular complexity index is 764. The Morgan fingerprint density at radius 2 is 1.95 bits per heavy atom. The number of hydrogen-bond donors (Lipinski definition) is 2. The normalized spacial score (nSPS) is 11.6. The fourth-order valence-corrected chi connectivity index (χ4v) is 3.28. The summed E-state index contributed by atoms with van der Waals surface area (Å²) in [5.74, 6) is 0. The zero-order chi connectivity index (χ0) is 15.6. The average Bonchev–Trinajstić information content (AvgIpc) is 2.44. The van der Waals surface area contributed by atoms with Crippen LogP contribution in [-0.2, 0) is 16.6 Å². The van der Waals surface area contributed by atoms with Crippen molar-refractivity contribution < 1.29 is 8.42 Å². The van der Waals surface area contributed by atoms with Gasteiger partial charge >= 0.3 is 0 Å². The second-order valence-corrected chi connectivity index (χ2v) is 6.77. The second-order valence-electron chi connectivity index (χ2n) is 4.25. The Kier molecular flexibility index (Phi) is 4.67. The molecule has 0 radical (unpaired) electrons. The van der Waals surface area contributed by atoms with Gasteiger partial charge in [-0.1, -0.05) is 23.2 Å². The van der Waals surface area contributed by atoms with Gasteiger partial charge in [0.1, 0.15) is 4.90 Å². The highest BCUT2D eigenvalue weighted by molar-refractivity contribution is 7.89. The summed E-state index contributed by atoms with van der Waals surface area (Å²) in [7, 11) is -3.83. The van der Waals surface area contributed by atoms with Crippen LogP contribution < -0.4 is 10.5 Å². The van der Waals surface area contributed by atoms with Gasteiger partial charge in [-0.25, -0.2) is 13.1 Å². The maximum atomic E-state index is 12.2. The fraction of sp³-hybridized carbons (Fsp3) is 0.167. The van der Waals surface area contributed by atoms with E-state index < -0.39 is 10.0 Å². The van der Waals surface area contributed by atoms with Crippen molar-refractivity contribution in [1.29, 1.82) is 0 Å². The number of nitrogens with zero attached hydrogens (tertiary/aromatic N) is 2. The fourth-order valence-electron chi connectivity index (χ4n) is 1.51. The molecule has 1 aromatic heterocycles. The highest BCUT2D eigenvalue weighted by atomic mass is 35.5. The number of hydrogen-bond acceptors (Lipinski definition) is 5. The minimum absolute atomic E-state index is 0.00548. The third kappa shape index (κ3) is 3.62. The van der Waals surface area contributed by atoms with Crippen molar-refractivity contribution in [3.8, 4) is 0 Å². The summed E-state index contributed by atoms with van der Waals surface area (Å²) < 4.78 is 26.8. The summed E-state index contributed by atoms with van der Waals surface area (Å²) in [5.41, 5.74) is 6.88. The topological polar surface area (TPSA) is 98.0 Å². The molecule has 2 rings (SSSR count). The molecule has 0 atom stereocenters. The molecule has 0 fully saturated rings. The van der Waals surface area contributed by atoms with E-state index in [-0.39, 0.29) is 27.2 Å². The number of aromatic nitrogens is 2. The van der Waals surface area contributed by atoms with E-state index in [1.54, 1.807) is 13.1 Å². The first kappa shape index (κ1) is 16.0. The van der Waals surface area contributed by atoms with Gasteiger partial charge in [-0.2, -0.15) is 0 Å². The Hall–Kier alpha value is -1.41. The lowest BCUT2D eigenvalue weighted by molar-refractivity contribution is 0.580. The molecule has 0 unspecified atom stereocenters. The quantitative estimate of drug-likeness (QED) is 0.826. The van der Waals surface area contributed by atoms with Crippen LogP contribution in [0.4, 0.5) is 5.69 Å². The van der Waals surface area contributed by atoms with Crippen LogP contribution in [0.15, 0.2) is 29.4 Å². The lowest BCUT2D eigenvalue weighted by Crippen LogP contribution is -2.24. The van der Waals surface area contributed by atoms with E-state index in [0.717, 1.165) is 5.69 Å². The predicted molar refractivity (Wildman–Crippen MR) is 81.7 cm³/mol. The van der Waals surface area contributed by atoms with Gasteiger partial charge in [0.05, 0.1) is 39.9 Å². The van der Waals surface area contributed by atoms with Crippen molar-refractivity contribution in [1.82, 2.24) is 14.7 Å². The molecule has 0 aliphatic heterocycles. The van der Waals surface area contributed by atoms with Crippen molar-refractivity contribution in [3.63, 3.8) is 0 Å². The van der Waals surface area contributed by atoms with E-state index in [1.807, 2.05) is 0 Å². The van der Waals surface area contributed by atoms with Gasteiger partial charge in [-0.05, 0) is 19.1 Å². The summed E-state index contributed by atoms with van der Waals surface area (Å²) in [6, 6.07) is 2.67. The van der Waals surface area contributed by atoms with E-state index in [0.29, 0.717) is 5.69 Å². The van der Waals surface area contributed by atoms with Crippen LogP contribution in [0, 0.1) is 6.92 Å². The number of nitrogens with two attached hydrogens (primary N) is 1. The van der Waals surface area contributed by atoms with Gasteiger partial charge in [0.2, 0.25) is 10.0 Å². The molecule has 0 saturated heterocycles. The Morgan fingerprint density at radius 3 is 2.57 bits per heavy atom. The molecule has 21 heavy (non-hydrogen) atoms. The number of rotatable bonds is 4. The number of benzene rings is 1. The average molecular weight is 347 g/mol. The lowest BCUT2D eigenvalue weighted by atomic mass is 10.3. The van der Waals surface area contributed by atoms with Crippen LogP contribution in [0.1, 0.15) is 11.4 Å². The first-order chi connectivity index (χ1) is 9.81. The van der Waals surface area contributed by atoms with E-state index in [2.05, 4.69) is 14.7 Å². The second kappa shape index (κ2) is 6.15. The standard InChI is InChI=1S/C12H12Cl2N4O2S/c1-7-4-17-8(5-16-7)6-18-21(19,20)10-3-2-9(13)12(15)11(10)14/h2-5,18H,6,15H2,1H3. The Balaban J connectivity index is 2.23. The summed E-state index contributed by atoms with van der Waals surface area (Å²) in [6.07, 6.45) is 3.05. The Labute approximate surface area is 132 Å². The zero-order valence-electron chi connectivity index (χ0n) is 11.0. The van der Waals surface area contributed by atoms with Crippen LogP contribution in [0.5, 0.6) is 0 Å². The molecular weight excluding hydrogens is 335 g/mol. The third-order valence-corrected chi connectivity index (χ3v) is 4.95. The molecule has 1 aromatic carbocycles. The van der Waals surface area contributed by atoms with Gasteiger partial charge in [0, 0.05) is 6.20 Å². The molecule has 0 spiro atoms. The molecule has 0 aliphatic rings. The van der Waals surface area contributed by atoms with Gasteiger partial charge in [0.15, 0.2) is 0 Å². The summed E-state index contributed by atoms with van der Waals surface area (Å²) in [4.78, 5) is 7.96. The molecular formula is C12H12Cl2N4O2S.